The summed E-state index contributed by atoms with van der Waals surface area (Å²) >= 11 is 0. The fourth-order valence-electron chi connectivity index (χ4n) is 4.03. The van der Waals surface area contributed by atoms with Crippen LogP contribution in [0.4, 0.5) is 17.3 Å². The standard InChI is InChI=1S/C24H26N6O/c1-17(2)30-16-21(20-6-8-25-15-23(20)30)22-7-9-26-24(28-22)27-18-4-3-5-19(14-18)29-10-12-31-13-11-29/h3-9,14-17H,10-13H2,1-2H3,(H,26,27,28). The Labute approximate surface area is 181 Å². The first-order chi connectivity index (χ1) is 15.2. The molecule has 7 heteroatoms. The SMILES string of the molecule is CC(C)n1cc(-c2ccnc(Nc3cccc(N4CCOCC4)c3)n2)c2ccncc21. The van der Waals surface area contributed by atoms with E-state index in [9.17, 15) is 0 Å². The van der Waals surface area contributed by atoms with E-state index >= 15 is 0 Å². The quantitative estimate of drug-likeness (QED) is 0.513. The van der Waals surface area contributed by atoms with Gasteiger partial charge in [0.1, 0.15) is 0 Å². The molecule has 158 valence electrons. The lowest BCUT2D eigenvalue weighted by atomic mass is 10.1. The molecule has 0 radical (unpaired) electrons. The molecule has 1 fully saturated rings. The van der Waals surface area contributed by atoms with Gasteiger partial charge >= 0.3 is 0 Å². The van der Waals surface area contributed by atoms with Gasteiger partial charge in [0.2, 0.25) is 5.95 Å². The van der Waals surface area contributed by atoms with Crippen molar-refractivity contribution in [3.63, 3.8) is 0 Å². The number of hydrogen-bond acceptors (Lipinski definition) is 6. The fourth-order valence-corrected chi connectivity index (χ4v) is 4.03. The lowest BCUT2D eigenvalue weighted by Crippen LogP contribution is -2.36. The maximum atomic E-state index is 5.47. The van der Waals surface area contributed by atoms with Crippen LogP contribution in [0.5, 0.6) is 0 Å². The Bertz CT molecular complexity index is 1200. The second-order valence-corrected chi connectivity index (χ2v) is 7.98. The zero-order valence-corrected chi connectivity index (χ0v) is 17.8. The van der Waals surface area contributed by atoms with Crippen molar-refractivity contribution < 1.29 is 4.74 Å². The van der Waals surface area contributed by atoms with Gasteiger partial charge in [-0.2, -0.15) is 0 Å². The minimum absolute atomic E-state index is 0.336. The molecular weight excluding hydrogens is 388 g/mol. The van der Waals surface area contributed by atoms with Crippen molar-refractivity contribution in [3.05, 3.63) is 61.2 Å². The Morgan fingerprint density at radius 1 is 1.06 bits per heavy atom. The Hall–Kier alpha value is -3.45. The maximum Gasteiger partial charge on any atom is 0.227 e. The van der Waals surface area contributed by atoms with E-state index in [1.807, 2.05) is 30.6 Å². The molecule has 0 aliphatic carbocycles. The predicted octanol–water partition coefficient (Wildman–Crippen LogP) is 4.65. The predicted molar refractivity (Wildman–Crippen MR) is 124 cm³/mol. The summed E-state index contributed by atoms with van der Waals surface area (Å²) in [4.78, 5) is 15.9. The van der Waals surface area contributed by atoms with Gasteiger partial charge in [0.05, 0.1) is 30.6 Å². The van der Waals surface area contributed by atoms with Gasteiger partial charge < -0.3 is 19.5 Å². The average Bonchev–Trinajstić information content (AvgIpc) is 3.20. The number of aromatic nitrogens is 4. The van der Waals surface area contributed by atoms with Crippen molar-refractivity contribution in [1.82, 2.24) is 19.5 Å². The summed E-state index contributed by atoms with van der Waals surface area (Å²) in [5, 5.41) is 4.51. The fraction of sp³-hybridized carbons (Fsp3) is 0.292. The second kappa shape index (κ2) is 8.35. The molecule has 3 aromatic heterocycles. The molecule has 1 N–H and O–H groups in total. The van der Waals surface area contributed by atoms with Gasteiger partial charge in [0, 0.05) is 60.0 Å². The number of nitrogens with zero attached hydrogens (tertiary/aromatic N) is 5. The number of hydrogen-bond donors (Lipinski definition) is 1. The zero-order chi connectivity index (χ0) is 21.2. The lowest BCUT2D eigenvalue weighted by molar-refractivity contribution is 0.122. The van der Waals surface area contributed by atoms with Gasteiger partial charge in [-0.05, 0) is 44.2 Å². The highest BCUT2D eigenvalue weighted by Crippen LogP contribution is 2.31. The second-order valence-electron chi connectivity index (χ2n) is 7.98. The Morgan fingerprint density at radius 3 is 2.77 bits per heavy atom. The molecule has 0 saturated carbocycles. The molecule has 0 amide bonds. The lowest BCUT2D eigenvalue weighted by Gasteiger charge is -2.29. The molecule has 1 aliphatic rings. The summed E-state index contributed by atoms with van der Waals surface area (Å²) in [6, 6.07) is 12.7. The van der Waals surface area contributed by atoms with Crippen LogP contribution in [-0.4, -0.2) is 45.8 Å². The van der Waals surface area contributed by atoms with Gasteiger partial charge in [-0.15, -0.1) is 0 Å². The van der Waals surface area contributed by atoms with Crippen LogP contribution in [0.2, 0.25) is 0 Å². The Kier molecular flexibility index (Phi) is 5.26. The largest absolute Gasteiger partial charge is 0.378 e. The van der Waals surface area contributed by atoms with Crippen molar-refractivity contribution in [2.45, 2.75) is 19.9 Å². The molecule has 7 nitrogen and oxygen atoms in total. The highest BCUT2D eigenvalue weighted by molar-refractivity contribution is 5.94. The molecule has 5 rings (SSSR count). The highest BCUT2D eigenvalue weighted by Gasteiger charge is 2.15. The number of benzene rings is 1. The molecular formula is C24H26N6O. The van der Waals surface area contributed by atoms with Crippen LogP contribution in [0, 0.1) is 0 Å². The van der Waals surface area contributed by atoms with Crippen molar-refractivity contribution in [2.24, 2.45) is 0 Å². The third-order valence-corrected chi connectivity index (χ3v) is 5.60. The van der Waals surface area contributed by atoms with Gasteiger partial charge in [0.15, 0.2) is 0 Å². The van der Waals surface area contributed by atoms with Crippen LogP contribution in [-0.2, 0) is 4.74 Å². The molecule has 0 unspecified atom stereocenters. The Morgan fingerprint density at radius 2 is 1.94 bits per heavy atom. The smallest absolute Gasteiger partial charge is 0.227 e. The van der Waals surface area contributed by atoms with E-state index in [0.29, 0.717) is 12.0 Å². The monoisotopic (exact) mass is 414 g/mol. The van der Waals surface area contributed by atoms with Crippen molar-refractivity contribution in [2.75, 3.05) is 36.5 Å². The summed E-state index contributed by atoms with van der Waals surface area (Å²) in [5.74, 6) is 0.580. The minimum atomic E-state index is 0.336. The molecule has 4 heterocycles. The third-order valence-electron chi connectivity index (χ3n) is 5.60. The number of morpholine rings is 1. The molecule has 31 heavy (non-hydrogen) atoms. The molecule has 0 bridgehead atoms. The summed E-state index contributed by atoms with van der Waals surface area (Å²) in [5.41, 5.74) is 5.22. The summed E-state index contributed by atoms with van der Waals surface area (Å²) < 4.78 is 7.70. The number of ether oxygens (including phenoxy) is 1. The van der Waals surface area contributed by atoms with Gasteiger partial charge in [0.25, 0.3) is 0 Å². The third kappa shape index (κ3) is 3.96. The molecule has 0 spiro atoms. The topological polar surface area (TPSA) is 68.1 Å². The highest BCUT2D eigenvalue weighted by atomic mass is 16.5. The molecule has 0 atom stereocenters. The first-order valence-electron chi connectivity index (χ1n) is 10.7. The molecule has 1 aromatic carbocycles. The molecule has 1 aliphatic heterocycles. The zero-order valence-electron chi connectivity index (χ0n) is 17.8. The maximum absolute atomic E-state index is 5.47. The first kappa shape index (κ1) is 19.5. The number of rotatable bonds is 5. The molecule has 4 aromatic rings. The van der Waals surface area contributed by atoms with Gasteiger partial charge in [-0.25, -0.2) is 9.97 Å². The minimum Gasteiger partial charge on any atom is -0.378 e. The number of anilines is 3. The molecule has 1 saturated heterocycles. The van der Waals surface area contributed by atoms with E-state index in [1.54, 1.807) is 6.20 Å². The van der Waals surface area contributed by atoms with Crippen molar-refractivity contribution in [3.8, 4) is 11.3 Å². The van der Waals surface area contributed by atoms with Crippen molar-refractivity contribution in [1.29, 1.82) is 0 Å². The van der Waals surface area contributed by atoms with E-state index in [1.165, 1.54) is 5.69 Å². The van der Waals surface area contributed by atoms with Crippen LogP contribution >= 0.6 is 0 Å². The van der Waals surface area contributed by atoms with Crippen LogP contribution in [0.25, 0.3) is 22.2 Å². The number of pyridine rings is 1. The van der Waals surface area contributed by atoms with Crippen LogP contribution < -0.4 is 10.2 Å². The van der Waals surface area contributed by atoms with E-state index < -0.39 is 0 Å². The summed E-state index contributed by atoms with van der Waals surface area (Å²) in [6.07, 6.45) is 7.70. The summed E-state index contributed by atoms with van der Waals surface area (Å²) in [6.45, 7) is 7.69. The first-order valence-corrected chi connectivity index (χ1v) is 10.7. The van der Waals surface area contributed by atoms with Gasteiger partial charge in [-0.3, -0.25) is 4.98 Å². The van der Waals surface area contributed by atoms with Crippen LogP contribution in [0.15, 0.2) is 61.2 Å². The van der Waals surface area contributed by atoms with Crippen LogP contribution in [0.1, 0.15) is 19.9 Å². The number of fused-ring (bicyclic) bond motifs is 1. The van der Waals surface area contributed by atoms with E-state index in [0.717, 1.165) is 54.2 Å². The van der Waals surface area contributed by atoms with E-state index in [2.05, 4.69) is 63.0 Å². The van der Waals surface area contributed by atoms with Crippen molar-refractivity contribution >= 4 is 28.2 Å². The van der Waals surface area contributed by atoms with E-state index in [-0.39, 0.29) is 0 Å². The number of nitrogens with one attached hydrogen (secondary N) is 1. The van der Waals surface area contributed by atoms with Crippen LogP contribution in [0.3, 0.4) is 0 Å². The van der Waals surface area contributed by atoms with Gasteiger partial charge in [-0.1, -0.05) is 6.07 Å². The average molecular weight is 415 g/mol. The Balaban J connectivity index is 1.45. The van der Waals surface area contributed by atoms with E-state index in [4.69, 9.17) is 9.72 Å². The normalized spacial score (nSPS) is 14.4. The summed E-state index contributed by atoms with van der Waals surface area (Å²) in [7, 11) is 0.